The number of hydrogen-bond acceptors (Lipinski definition) is 9. The molecule has 0 aliphatic heterocycles. The first-order valence-electron chi connectivity index (χ1n) is 22.2. The first-order chi connectivity index (χ1) is 36.5. The van der Waals surface area contributed by atoms with Crippen LogP contribution in [0, 0.1) is 34.9 Å². The van der Waals surface area contributed by atoms with Crippen LogP contribution in [0.25, 0.3) is 44.3 Å². The van der Waals surface area contributed by atoms with Crippen LogP contribution < -0.4 is 10.5 Å². The molecular weight excluding hydrogens is 1110 g/mol. The Balaban J connectivity index is 0.000000174. The highest BCUT2D eigenvalue weighted by atomic mass is 35.7. The Labute approximate surface area is 449 Å². The maximum atomic E-state index is 15.4. The van der Waals surface area contributed by atoms with Crippen LogP contribution in [0.5, 0.6) is 0 Å². The van der Waals surface area contributed by atoms with Gasteiger partial charge >= 0.3 is 0 Å². The number of nitrogens with one attached hydrogen (secondary N) is 3. The number of carbonyl (C=O) groups is 2. The molecule has 4 aromatic heterocycles. The van der Waals surface area contributed by atoms with E-state index in [1.54, 1.807) is 60.9 Å². The number of nitrogens with zero attached hydrogens (tertiary/aromatic N) is 2. The Kier molecular flexibility index (Phi) is 16.6. The van der Waals surface area contributed by atoms with Crippen LogP contribution >= 0.6 is 33.9 Å². The molecule has 0 fully saturated rings. The number of H-pyrrole nitrogens is 2. The molecule has 6 aromatic carbocycles. The van der Waals surface area contributed by atoms with Crippen LogP contribution in [0.1, 0.15) is 43.0 Å². The minimum atomic E-state index is -4.18. The lowest BCUT2D eigenvalue weighted by molar-refractivity contribution is 0.102. The number of sulfonamides is 1. The summed E-state index contributed by atoms with van der Waals surface area (Å²) < 4.78 is 132. The minimum absolute atomic E-state index is 0.0487. The molecule has 0 atom stereocenters. The number of benzene rings is 6. The fraction of sp³-hybridized carbons (Fsp3) is 0.0370. The van der Waals surface area contributed by atoms with Gasteiger partial charge in [0, 0.05) is 78.5 Å². The van der Waals surface area contributed by atoms with E-state index in [1.807, 2.05) is 16.9 Å². The zero-order valence-electron chi connectivity index (χ0n) is 39.1. The number of ketones is 2. The van der Waals surface area contributed by atoms with Crippen LogP contribution in [0.3, 0.4) is 0 Å². The standard InChI is InChI=1S/C27H17ClF3N3O3S.C20H12ClF2N3O.C7H6ClFO2S/c28-18-5-3-16(4-6-18)17-11-20-21(13-33-27(20)32-12-17)26(35)24-22(30)9-10-23(25(24)31)34-38(36,37)14-15-1-7-19(29)8-2-15;21-12-3-1-10(2-4-12)11-7-13-14(9-26-20(13)25-8-11)19(27)17-15(22)5-6-16(24)18(17)23;8-12(10,11)5-6-1-3-7(9)4-2-6/h1-13,34H,14H2,(H,32,33);1-9H,24H2,(H,25,26);1-4H,5H2. The molecule has 0 unspecified atom stereocenters. The monoisotopic (exact) mass is 1150 g/mol. The molecule has 10 rings (SSSR count). The molecule has 0 spiro atoms. The van der Waals surface area contributed by atoms with Crippen molar-refractivity contribution in [2.75, 3.05) is 10.5 Å². The first-order valence-corrected chi connectivity index (χ1v) is 27.1. The van der Waals surface area contributed by atoms with Crippen molar-refractivity contribution >= 4 is 98.0 Å². The van der Waals surface area contributed by atoms with Gasteiger partial charge < -0.3 is 15.7 Å². The number of fused-ring (bicyclic) bond motifs is 2. The number of hydrogen-bond donors (Lipinski definition) is 4. The third kappa shape index (κ3) is 13.3. The Hall–Kier alpha value is -8.01. The SMILES string of the molecule is Nc1ccc(F)c(C(=O)c2c[nH]c3ncc(-c4ccc(Cl)cc4)cc23)c1F.O=C(c1c(F)ccc(NS(=O)(=O)Cc2ccc(F)cc2)c1F)c1c[nH]c2ncc(-c3ccc(Cl)cc3)cc12.O=S(=O)(Cl)Cc1ccc(F)cc1. The van der Waals surface area contributed by atoms with Crippen LogP contribution in [-0.2, 0) is 30.6 Å². The topological polar surface area (TPSA) is 198 Å². The number of aromatic amines is 2. The van der Waals surface area contributed by atoms with Gasteiger partial charge in [-0.1, -0.05) is 71.7 Å². The van der Waals surface area contributed by atoms with Crippen molar-refractivity contribution in [1.82, 2.24) is 19.9 Å². The lowest BCUT2D eigenvalue weighted by Gasteiger charge is -2.12. The number of aromatic nitrogens is 4. The minimum Gasteiger partial charge on any atom is -0.396 e. The first kappa shape index (κ1) is 55.2. The van der Waals surface area contributed by atoms with E-state index in [0.717, 1.165) is 53.1 Å². The molecule has 0 amide bonds. The van der Waals surface area contributed by atoms with Crippen molar-refractivity contribution in [3.8, 4) is 22.3 Å². The highest BCUT2D eigenvalue weighted by Gasteiger charge is 2.27. The van der Waals surface area contributed by atoms with Crippen molar-refractivity contribution in [1.29, 1.82) is 0 Å². The summed E-state index contributed by atoms with van der Waals surface area (Å²) in [4.78, 5) is 40.4. The number of carbonyl (C=O) groups excluding carboxylic acids is 2. The smallest absolute Gasteiger partial charge is 0.237 e. The summed E-state index contributed by atoms with van der Waals surface area (Å²) >= 11 is 11.9. The maximum absolute atomic E-state index is 15.4. The molecule has 0 radical (unpaired) electrons. The number of pyridine rings is 2. The summed E-state index contributed by atoms with van der Waals surface area (Å²) in [6.45, 7) is 0. The van der Waals surface area contributed by atoms with Gasteiger partial charge in [-0.05, 0) is 107 Å². The summed E-state index contributed by atoms with van der Waals surface area (Å²) in [5, 5.41) is 1.91. The third-order valence-electron chi connectivity index (χ3n) is 11.4. The molecule has 0 aliphatic carbocycles. The van der Waals surface area contributed by atoms with Gasteiger partial charge in [0.2, 0.25) is 30.6 Å². The Morgan fingerprint density at radius 3 is 1.39 bits per heavy atom. The van der Waals surface area contributed by atoms with Crippen LogP contribution in [0.2, 0.25) is 10.0 Å². The summed E-state index contributed by atoms with van der Waals surface area (Å²) in [5.74, 6) is -8.17. The molecule has 10 aromatic rings. The summed E-state index contributed by atoms with van der Waals surface area (Å²) in [5.41, 5.74) is 7.50. The maximum Gasteiger partial charge on any atom is 0.237 e. The van der Waals surface area contributed by atoms with E-state index in [4.69, 9.17) is 39.6 Å². The fourth-order valence-electron chi connectivity index (χ4n) is 7.65. The van der Waals surface area contributed by atoms with Gasteiger partial charge in [-0.2, -0.15) is 0 Å². The van der Waals surface area contributed by atoms with Crippen LogP contribution in [-0.4, -0.2) is 48.3 Å². The molecule has 12 nitrogen and oxygen atoms in total. The average molecular weight is 1150 g/mol. The van der Waals surface area contributed by atoms with Gasteiger partial charge in [-0.3, -0.25) is 14.3 Å². The number of rotatable bonds is 12. The summed E-state index contributed by atoms with van der Waals surface area (Å²) in [7, 11) is -2.73. The predicted octanol–water partition coefficient (Wildman–Crippen LogP) is 13.3. The summed E-state index contributed by atoms with van der Waals surface area (Å²) in [6, 6.07) is 31.0. The molecule has 23 heteroatoms. The zero-order valence-corrected chi connectivity index (χ0v) is 43.0. The van der Waals surface area contributed by atoms with Crippen molar-refractivity contribution in [3.63, 3.8) is 0 Å². The number of anilines is 2. The molecule has 0 saturated carbocycles. The van der Waals surface area contributed by atoms with E-state index >= 15 is 4.39 Å². The second-order valence-electron chi connectivity index (χ2n) is 16.7. The molecule has 392 valence electrons. The predicted molar refractivity (Wildman–Crippen MR) is 285 cm³/mol. The Morgan fingerprint density at radius 1 is 0.532 bits per heavy atom. The van der Waals surface area contributed by atoms with Crippen molar-refractivity contribution in [2.24, 2.45) is 0 Å². The van der Waals surface area contributed by atoms with Gasteiger partial charge in [0.05, 0.1) is 34.0 Å². The number of nitrogens with two attached hydrogens (primary N) is 1. The van der Waals surface area contributed by atoms with Gasteiger partial charge in [0.15, 0.2) is 11.6 Å². The third-order valence-corrected chi connectivity index (χ3v) is 14.1. The van der Waals surface area contributed by atoms with E-state index in [9.17, 15) is 48.4 Å². The van der Waals surface area contributed by atoms with E-state index < -0.39 is 88.1 Å². The Bertz CT molecular complexity index is 4100. The lowest BCUT2D eigenvalue weighted by atomic mass is 10.00. The molecule has 77 heavy (non-hydrogen) atoms. The molecule has 0 bridgehead atoms. The molecule has 4 heterocycles. The number of nitrogen functional groups attached to an aromatic ring is 1. The quantitative estimate of drug-likeness (QED) is 0.0398. The largest absolute Gasteiger partial charge is 0.396 e. The normalized spacial score (nSPS) is 11.4. The van der Waals surface area contributed by atoms with Gasteiger partial charge in [-0.15, -0.1) is 0 Å². The molecule has 0 aliphatic rings. The van der Waals surface area contributed by atoms with Crippen molar-refractivity contribution in [3.05, 3.63) is 237 Å². The van der Waals surface area contributed by atoms with Crippen LogP contribution in [0.15, 0.2) is 158 Å². The van der Waals surface area contributed by atoms with Crippen molar-refractivity contribution < 1.29 is 52.8 Å². The molecule has 5 N–H and O–H groups in total. The number of halogens is 9. The summed E-state index contributed by atoms with van der Waals surface area (Å²) in [6.07, 6.45) is 5.88. The average Bonchev–Trinajstić information content (AvgIpc) is 4.02. The van der Waals surface area contributed by atoms with Crippen LogP contribution in [0.4, 0.5) is 37.7 Å². The molecular formula is C54H35Cl3F6N6O6S2. The van der Waals surface area contributed by atoms with Crippen molar-refractivity contribution in [2.45, 2.75) is 11.5 Å². The van der Waals surface area contributed by atoms with E-state index in [-0.39, 0.29) is 28.1 Å². The second kappa shape index (κ2) is 23.1. The highest BCUT2D eigenvalue weighted by molar-refractivity contribution is 8.13. The van der Waals surface area contributed by atoms with Gasteiger partial charge in [0.1, 0.15) is 34.6 Å². The lowest BCUT2D eigenvalue weighted by Crippen LogP contribution is -2.18. The fourth-order valence-corrected chi connectivity index (χ4v) is 10.1. The Morgan fingerprint density at radius 2 is 0.948 bits per heavy atom. The van der Waals surface area contributed by atoms with Gasteiger partial charge in [-0.25, -0.2) is 53.1 Å². The van der Waals surface area contributed by atoms with E-state index in [1.165, 1.54) is 48.8 Å². The van der Waals surface area contributed by atoms with E-state index in [2.05, 4.69) is 19.9 Å². The van der Waals surface area contributed by atoms with E-state index in [0.29, 0.717) is 43.2 Å². The van der Waals surface area contributed by atoms with Gasteiger partial charge in [0.25, 0.3) is 0 Å². The molecule has 0 saturated heterocycles. The zero-order chi connectivity index (χ0) is 55.3. The highest BCUT2D eigenvalue weighted by Crippen LogP contribution is 2.32. The second-order valence-corrected chi connectivity index (χ2v) is 22.1.